The first kappa shape index (κ1) is 20.8. The van der Waals surface area contributed by atoms with Crippen LogP contribution in [0.15, 0.2) is 29.7 Å². The van der Waals surface area contributed by atoms with Crippen molar-refractivity contribution in [3.63, 3.8) is 0 Å². The van der Waals surface area contributed by atoms with E-state index in [0.717, 1.165) is 55.4 Å². The van der Waals surface area contributed by atoms with Crippen LogP contribution in [0, 0.1) is 0 Å². The molecule has 1 aliphatic heterocycles. The summed E-state index contributed by atoms with van der Waals surface area (Å²) in [6.07, 6.45) is 7.95. The number of hydrogen-bond donors (Lipinski definition) is 0. The van der Waals surface area contributed by atoms with Gasteiger partial charge >= 0.3 is 0 Å². The molecule has 2 aromatic rings. The van der Waals surface area contributed by atoms with Crippen LogP contribution >= 0.6 is 11.8 Å². The first-order valence-electron chi connectivity index (χ1n) is 9.97. The summed E-state index contributed by atoms with van der Waals surface area (Å²) >= 11 is 1.49. The maximum atomic E-state index is 12.7. The molecule has 0 bridgehead atoms. The SMILES string of the molecule is C[C@@H]1CCCCN1C(=O)CSc1nnc(-c2ccncc2)n1CCCN(C)C. The van der Waals surface area contributed by atoms with E-state index >= 15 is 0 Å². The minimum absolute atomic E-state index is 0.200. The van der Waals surface area contributed by atoms with Gasteiger partial charge in [-0.05, 0) is 65.4 Å². The predicted molar refractivity (Wildman–Crippen MR) is 112 cm³/mol. The van der Waals surface area contributed by atoms with E-state index in [1.807, 2.05) is 17.0 Å². The van der Waals surface area contributed by atoms with Crippen LogP contribution in [0.4, 0.5) is 0 Å². The molecule has 0 radical (unpaired) electrons. The van der Waals surface area contributed by atoms with Crippen LogP contribution in [-0.4, -0.2) is 74.4 Å². The average molecular weight is 403 g/mol. The zero-order valence-electron chi connectivity index (χ0n) is 17.0. The highest BCUT2D eigenvalue weighted by molar-refractivity contribution is 7.99. The second-order valence-corrected chi connectivity index (χ2v) is 8.51. The smallest absolute Gasteiger partial charge is 0.233 e. The molecule has 0 N–H and O–H groups in total. The molecule has 1 fully saturated rings. The molecular weight excluding hydrogens is 372 g/mol. The van der Waals surface area contributed by atoms with E-state index in [0.29, 0.717) is 11.8 Å². The Labute approximate surface area is 171 Å². The molecule has 0 aliphatic carbocycles. The number of rotatable bonds is 8. The standard InChI is InChI=1S/C20H30N6OS/c1-16-7-4-5-13-25(16)18(27)15-28-20-23-22-19(17-8-10-21-11-9-17)26(20)14-6-12-24(2)3/h8-11,16H,4-7,12-15H2,1-3H3/t16-/m1/s1. The van der Waals surface area contributed by atoms with Gasteiger partial charge in [0.25, 0.3) is 0 Å². The fraction of sp³-hybridized carbons (Fsp3) is 0.600. The van der Waals surface area contributed by atoms with Crippen LogP contribution in [-0.2, 0) is 11.3 Å². The number of pyridine rings is 1. The molecule has 1 aliphatic rings. The molecule has 0 unspecified atom stereocenters. The fourth-order valence-corrected chi connectivity index (χ4v) is 4.39. The first-order chi connectivity index (χ1) is 13.6. The zero-order chi connectivity index (χ0) is 19.9. The number of carbonyl (C=O) groups is 1. The van der Waals surface area contributed by atoms with Gasteiger partial charge in [-0.1, -0.05) is 11.8 Å². The van der Waals surface area contributed by atoms with Gasteiger partial charge in [0.05, 0.1) is 5.75 Å². The third kappa shape index (κ3) is 5.32. The molecule has 7 nitrogen and oxygen atoms in total. The molecule has 1 atom stereocenters. The molecular formula is C20H30N6OS. The zero-order valence-corrected chi connectivity index (χ0v) is 17.9. The van der Waals surface area contributed by atoms with Crippen molar-refractivity contribution in [2.24, 2.45) is 0 Å². The summed E-state index contributed by atoms with van der Waals surface area (Å²) < 4.78 is 2.14. The van der Waals surface area contributed by atoms with Crippen molar-refractivity contribution >= 4 is 17.7 Å². The second-order valence-electron chi connectivity index (χ2n) is 7.57. The van der Waals surface area contributed by atoms with E-state index in [4.69, 9.17) is 0 Å². The number of hydrogen-bond acceptors (Lipinski definition) is 6. The Morgan fingerprint density at radius 3 is 2.75 bits per heavy atom. The molecule has 8 heteroatoms. The van der Waals surface area contributed by atoms with E-state index in [1.165, 1.54) is 18.2 Å². The van der Waals surface area contributed by atoms with Crippen LogP contribution in [0.25, 0.3) is 11.4 Å². The van der Waals surface area contributed by atoms with E-state index in [-0.39, 0.29) is 5.91 Å². The molecule has 0 spiro atoms. The Kier molecular flexibility index (Phi) is 7.44. The Balaban J connectivity index is 1.72. The van der Waals surface area contributed by atoms with E-state index in [9.17, 15) is 4.79 Å². The summed E-state index contributed by atoms with van der Waals surface area (Å²) in [7, 11) is 4.15. The Hall–Kier alpha value is -1.93. The van der Waals surface area contributed by atoms with Crippen molar-refractivity contribution in [3.05, 3.63) is 24.5 Å². The van der Waals surface area contributed by atoms with E-state index < -0.39 is 0 Å². The normalized spacial score (nSPS) is 17.3. The monoisotopic (exact) mass is 402 g/mol. The van der Waals surface area contributed by atoms with Crippen LogP contribution in [0.2, 0.25) is 0 Å². The number of aromatic nitrogens is 4. The van der Waals surface area contributed by atoms with E-state index in [2.05, 4.69) is 45.7 Å². The molecule has 2 aromatic heterocycles. The van der Waals surface area contributed by atoms with Crippen LogP contribution in [0.1, 0.15) is 32.6 Å². The number of nitrogens with zero attached hydrogens (tertiary/aromatic N) is 6. The topological polar surface area (TPSA) is 67.2 Å². The first-order valence-corrected chi connectivity index (χ1v) is 11.0. The molecule has 152 valence electrons. The van der Waals surface area contributed by atoms with Gasteiger partial charge in [-0.2, -0.15) is 0 Å². The van der Waals surface area contributed by atoms with Gasteiger partial charge in [0, 0.05) is 37.1 Å². The van der Waals surface area contributed by atoms with Gasteiger partial charge < -0.3 is 14.4 Å². The molecule has 0 aromatic carbocycles. The number of carbonyl (C=O) groups excluding carboxylic acids is 1. The minimum Gasteiger partial charge on any atom is -0.339 e. The summed E-state index contributed by atoms with van der Waals surface area (Å²) in [5.41, 5.74) is 0.996. The lowest BCUT2D eigenvalue weighted by atomic mass is 10.0. The summed E-state index contributed by atoms with van der Waals surface area (Å²) in [6, 6.07) is 4.23. The predicted octanol–water partition coefficient (Wildman–Crippen LogP) is 2.78. The van der Waals surface area contributed by atoms with Crippen LogP contribution < -0.4 is 0 Å². The summed E-state index contributed by atoms with van der Waals surface area (Å²) in [5, 5.41) is 9.62. The molecule has 28 heavy (non-hydrogen) atoms. The molecule has 1 saturated heterocycles. The quantitative estimate of drug-likeness (QED) is 0.633. The molecule has 1 amide bonds. The largest absolute Gasteiger partial charge is 0.339 e. The van der Waals surface area contributed by atoms with Crippen molar-refractivity contribution in [2.45, 2.75) is 50.4 Å². The van der Waals surface area contributed by atoms with Gasteiger partial charge in [-0.25, -0.2) is 0 Å². The summed E-state index contributed by atoms with van der Waals surface area (Å²) in [6.45, 7) is 4.83. The van der Waals surface area contributed by atoms with Gasteiger partial charge in [0.15, 0.2) is 11.0 Å². The number of piperidine rings is 1. The van der Waals surface area contributed by atoms with Gasteiger partial charge in [-0.3, -0.25) is 9.78 Å². The van der Waals surface area contributed by atoms with Crippen molar-refractivity contribution in [3.8, 4) is 11.4 Å². The van der Waals surface area contributed by atoms with Crippen molar-refractivity contribution < 1.29 is 4.79 Å². The Morgan fingerprint density at radius 2 is 2.04 bits per heavy atom. The molecule has 3 rings (SSSR count). The maximum absolute atomic E-state index is 12.7. The lowest BCUT2D eigenvalue weighted by Gasteiger charge is -2.33. The van der Waals surface area contributed by atoms with Gasteiger partial charge in [0.1, 0.15) is 0 Å². The number of amides is 1. The Bertz CT molecular complexity index is 763. The minimum atomic E-state index is 0.200. The van der Waals surface area contributed by atoms with Crippen molar-refractivity contribution in [2.75, 3.05) is 32.9 Å². The highest BCUT2D eigenvalue weighted by Gasteiger charge is 2.24. The second kappa shape index (κ2) is 10.0. The lowest BCUT2D eigenvalue weighted by Crippen LogP contribution is -2.43. The lowest BCUT2D eigenvalue weighted by molar-refractivity contribution is -0.131. The highest BCUT2D eigenvalue weighted by Crippen LogP contribution is 2.25. The highest BCUT2D eigenvalue weighted by atomic mass is 32.2. The molecule has 0 saturated carbocycles. The third-order valence-electron chi connectivity index (χ3n) is 5.09. The maximum Gasteiger partial charge on any atom is 0.233 e. The van der Waals surface area contributed by atoms with Crippen LogP contribution in [0.3, 0.4) is 0 Å². The Morgan fingerprint density at radius 1 is 1.25 bits per heavy atom. The molecule has 3 heterocycles. The van der Waals surface area contributed by atoms with Crippen molar-refractivity contribution in [1.29, 1.82) is 0 Å². The van der Waals surface area contributed by atoms with Gasteiger partial charge in [-0.15, -0.1) is 10.2 Å². The summed E-state index contributed by atoms with van der Waals surface area (Å²) in [5.74, 6) is 1.44. The fourth-order valence-electron chi connectivity index (χ4n) is 3.53. The van der Waals surface area contributed by atoms with Gasteiger partial charge in [0.2, 0.25) is 5.91 Å². The van der Waals surface area contributed by atoms with E-state index in [1.54, 1.807) is 12.4 Å². The summed E-state index contributed by atoms with van der Waals surface area (Å²) in [4.78, 5) is 21.0. The van der Waals surface area contributed by atoms with Crippen molar-refractivity contribution in [1.82, 2.24) is 29.5 Å². The number of thioether (sulfide) groups is 1. The average Bonchev–Trinajstić information content (AvgIpc) is 3.09. The third-order valence-corrected chi connectivity index (χ3v) is 6.04. The van der Waals surface area contributed by atoms with Crippen LogP contribution in [0.5, 0.6) is 0 Å². The number of likely N-dealkylation sites (tertiary alicyclic amines) is 1.